The van der Waals surface area contributed by atoms with Crippen molar-refractivity contribution < 1.29 is 14.3 Å². The third-order valence-electron chi connectivity index (χ3n) is 7.72. The minimum absolute atomic E-state index is 0.0161. The van der Waals surface area contributed by atoms with E-state index in [1.54, 1.807) is 7.11 Å². The van der Waals surface area contributed by atoms with Gasteiger partial charge < -0.3 is 15.0 Å². The molecule has 5 heteroatoms. The molecule has 3 aliphatic rings. The van der Waals surface area contributed by atoms with E-state index < -0.39 is 5.92 Å². The molecule has 1 N–H and O–H groups in total. The Hall–Kier alpha value is -3.60. The Morgan fingerprint density at radius 3 is 2.51 bits per heavy atom. The molecule has 2 aliphatic carbocycles. The average molecular weight is 467 g/mol. The second-order valence-electron chi connectivity index (χ2n) is 9.88. The summed E-state index contributed by atoms with van der Waals surface area (Å²) in [4.78, 5) is 29.9. The number of aryl methyl sites for hydroxylation is 1. The van der Waals surface area contributed by atoms with Gasteiger partial charge in [-0.25, -0.2) is 0 Å². The maximum absolute atomic E-state index is 14.2. The summed E-state index contributed by atoms with van der Waals surface area (Å²) in [5.41, 5.74) is 4.91. The van der Waals surface area contributed by atoms with Gasteiger partial charge in [0.25, 0.3) is 5.91 Å². The molecular weight excluding hydrogens is 436 g/mol. The summed E-state index contributed by atoms with van der Waals surface area (Å²) in [6.07, 6.45) is 4.96. The van der Waals surface area contributed by atoms with E-state index in [9.17, 15) is 9.59 Å². The van der Waals surface area contributed by atoms with Crippen molar-refractivity contribution in [3.8, 4) is 5.75 Å². The highest BCUT2D eigenvalue weighted by Crippen LogP contribution is 2.48. The lowest BCUT2D eigenvalue weighted by Gasteiger charge is -2.42. The number of methoxy groups -OCH3 is 1. The maximum atomic E-state index is 14.2. The van der Waals surface area contributed by atoms with Crippen molar-refractivity contribution in [1.29, 1.82) is 0 Å². The van der Waals surface area contributed by atoms with Crippen LogP contribution in [0.25, 0.3) is 0 Å². The number of fused-ring (bicyclic) bond motifs is 2. The van der Waals surface area contributed by atoms with Crippen molar-refractivity contribution in [3.05, 3.63) is 101 Å². The topological polar surface area (TPSA) is 58.6 Å². The molecule has 1 fully saturated rings. The molecule has 3 aromatic carbocycles. The smallest absolute Gasteiger partial charge is 0.254 e. The average Bonchev–Trinajstić information content (AvgIpc) is 3.74. The molecule has 3 atom stereocenters. The molecule has 0 spiro atoms. The van der Waals surface area contributed by atoms with Crippen LogP contribution in [0.1, 0.15) is 76.3 Å². The Labute approximate surface area is 206 Å². The second-order valence-corrected chi connectivity index (χ2v) is 9.88. The number of carbonyl (C=O) groups excluding carboxylic acids is 2. The van der Waals surface area contributed by atoms with Crippen LogP contribution in [0.15, 0.2) is 72.8 Å². The first kappa shape index (κ1) is 21.9. The van der Waals surface area contributed by atoms with Gasteiger partial charge in [0.2, 0.25) is 5.91 Å². The molecule has 6 rings (SSSR count). The summed E-state index contributed by atoms with van der Waals surface area (Å²) in [6.45, 7) is 0. The molecule has 1 saturated carbocycles. The molecule has 3 aromatic rings. The van der Waals surface area contributed by atoms with Crippen LogP contribution in [-0.2, 0) is 11.2 Å². The number of nitrogens with one attached hydrogen (secondary N) is 1. The van der Waals surface area contributed by atoms with Gasteiger partial charge in [-0.15, -0.1) is 0 Å². The number of ether oxygens (including phenoxy) is 1. The van der Waals surface area contributed by atoms with E-state index in [1.165, 1.54) is 11.1 Å². The van der Waals surface area contributed by atoms with Gasteiger partial charge in [-0.2, -0.15) is 0 Å². The normalized spacial score (nSPS) is 23.3. The fourth-order valence-electron chi connectivity index (χ4n) is 5.93. The molecule has 0 radical (unpaired) electrons. The zero-order valence-corrected chi connectivity index (χ0v) is 19.9. The van der Waals surface area contributed by atoms with Crippen LogP contribution in [0.4, 0.5) is 0 Å². The van der Waals surface area contributed by atoms with E-state index in [0.29, 0.717) is 5.56 Å². The summed E-state index contributed by atoms with van der Waals surface area (Å²) in [6, 6.07) is 23.6. The number of nitrogens with zero attached hydrogens (tertiary/aromatic N) is 1. The summed E-state index contributed by atoms with van der Waals surface area (Å²) >= 11 is 0. The van der Waals surface area contributed by atoms with Gasteiger partial charge in [-0.1, -0.05) is 54.6 Å². The zero-order valence-electron chi connectivity index (χ0n) is 19.9. The minimum Gasteiger partial charge on any atom is -0.497 e. The van der Waals surface area contributed by atoms with E-state index in [-0.39, 0.29) is 29.9 Å². The molecule has 1 heterocycles. The molecule has 35 heavy (non-hydrogen) atoms. The second kappa shape index (κ2) is 8.88. The molecule has 178 valence electrons. The Balaban J connectivity index is 1.44. The molecule has 5 nitrogen and oxygen atoms in total. The number of hydrogen-bond donors (Lipinski definition) is 1. The maximum Gasteiger partial charge on any atom is 0.254 e. The molecule has 0 saturated heterocycles. The molecule has 0 aromatic heterocycles. The highest BCUT2D eigenvalue weighted by molar-refractivity contribution is 6.01. The lowest BCUT2D eigenvalue weighted by atomic mass is 9.78. The van der Waals surface area contributed by atoms with Crippen LogP contribution >= 0.6 is 0 Å². The van der Waals surface area contributed by atoms with Crippen LogP contribution in [0.5, 0.6) is 5.75 Å². The monoisotopic (exact) mass is 466 g/mol. The van der Waals surface area contributed by atoms with Crippen molar-refractivity contribution in [2.45, 2.75) is 56.1 Å². The van der Waals surface area contributed by atoms with Gasteiger partial charge in [-0.3, -0.25) is 9.59 Å². The molecule has 2 amide bonds. The van der Waals surface area contributed by atoms with Gasteiger partial charge in [0.15, 0.2) is 0 Å². The Morgan fingerprint density at radius 2 is 1.71 bits per heavy atom. The standard InChI is InChI=1S/C30H30N2O3/c1-35-22-11-6-10-20(18-22)28-27(24-13-4-5-14-25(24)30(34)32(28)21-16-17-21)29(33)31-26-15-7-9-19-8-2-3-12-23(19)26/h2-6,8,10-14,18,21,26-28H,7,9,15-17H2,1H3,(H,31,33)/t26-,27-,28+/m0/s1. The first-order chi connectivity index (χ1) is 17.2. The predicted molar refractivity (Wildman–Crippen MR) is 134 cm³/mol. The number of carbonyl (C=O) groups is 2. The molecular formula is C30H30N2O3. The largest absolute Gasteiger partial charge is 0.497 e. The summed E-state index contributed by atoms with van der Waals surface area (Å²) in [7, 11) is 1.64. The third kappa shape index (κ3) is 3.89. The highest BCUT2D eigenvalue weighted by atomic mass is 16.5. The molecule has 0 unspecified atom stereocenters. The van der Waals surface area contributed by atoms with E-state index >= 15 is 0 Å². The summed E-state index contributed by atoms with van der Waals surface area (Å²) in [5, 5.41) is 3.40. The quantitative estimate of drug-likeness (QED) is 0.553. The van der Waals surface area contributed by atoms with Crippen molar-refractivity contribution in [2.75, 3.05) is 7.11 Å². The van der Waals surface area contributed by atoms with Crippen molar-refractivity contribution >= 4 is 11.8 Å². The van der Waals surface area contributed by atoms with E-state index in [4.69, 9.17) is 4.74 Å². The number of rotatable bonds is 5. The Bertz CT molecular complexity index is 1280. The van der Waals surface area contributed by atoms with Gasteiger partial charge in [0.1, 0.15) is 5.75 Å². The lowest BCUT2D eigenvalue weighted by Crippen LogP contribution is -2.49. The zero-order chi connectivity index (χ0) is 23.9. The van der Waals surface area contributed by atoms with Crippen molar-refractivity contribution in [1.82, 2.24) is 10.2 Å². The first-order valence-corrected chi connectivity index (χ1v) is 12.6. The fraction of sp³-hybridized carbons (Fsp3) is 0.333. The lowest BCUT2D eigenvalue weighted by molar-refractivity contribution is -0.125. The Morgan fingerprint density at radius 1 is 0.943 bits per heavy atom. The van der Waals surface area contributed by atoms with Crippen LogP contribution in [0.2, 0.25) is 0 Å². The van der Waals surface area contributed by atoms with Gasteiger partial charge in [-0.05, 0) is 72.6 Å². The highest BCUT2D eigenvalue weighted by Gasteiger charge is 2.49. The molecule has 0 bridgehead atoms. The molecule has 1 aliphatic heterocycles. The third-order valence-corrected chi connectivity index (χ3v) is 7.72. The van der Waals surface area contributed by atoms with E-state index in [1.807, 2.05) is 59.5 Å². The van der Waals surface area contributed by atoms with Gasteiger partial charge in [0.05, 0.1) is 25.1 Å². The summed E-state index contributed by atoms with van der Waals surface area (Å²) in [5.74, 6) is 0.226. The van der Waals surface area contributed by atoms with Gasteiger partial charge >= 0.3 is 0 Å². The SMILES string of the molecule is COc1cccc([C@@H]2[C@@H](C(=O)N[C@H]3CCCc4ccccc43)c3ccccc3C(=O)N2C2CC2)c1. The van der Waals surface area contributed by atoms with Crippen molar-refractivity contribution in [3.63, 3.8) is 0 Å². The van der Waals surface area contributed by atoms with Crippen LogP contribution < -0.4 is 10.1 Å². The van der Waals surface area contributed by atoms with E-state index in [2.05, 4.69) is 23.5 Å². The Kier molecular flexibility index (Phi) is 5.56. The van der Waals surface area contributed by atoms with Crippen LogP contribution in [0.3, 0.4) is 0 Å². The predicted octanol–water partition coefficient (Wildman–Crippen LogP) is 5.33. The number of amides is 2. The summed E-state index contributed by atoms with van der Waals surface area (Å²) < 4.78 is 5.51. The number of hydrogen-bond acceptors (Lipinski definition) is 3. The first-order valence-electron chi connectivity index (χ1n) is 12.6. The number of benzene rings is 3. The van der Waals surface area contributed by atoms with Crippen molar-refractivity contribution in [2.24, 2.45) is 0 Å². The fourth-order valence-corrected chi connectivity index (χ4v) is 5.93. The van der Waals surface area contributed by atoms with Gasteiger partial charge in [0, 0.05) is 11.6 Å². The van der Waals surface area contributed by atoms with Crippen LogP contribution in [-0.4, -0.2) is 29.9 Å². The van der Waals surface area contributed by atoms with E-state index in [0.717, 1.165) is 49.0 Å². The van der Waals surface area contributed by atoms with Crippen LogP contribution in [0, 0.1) is 0 Å². The minimum atomic E-state index is -0.495.